The van der Waals surface area contributed by atoms with Crippen LogP contribution in [-0.4, -0.2) is 21.2 Å². The van der Waals surface area contributed by atoms with E-state index in [9.17, 15) is 4.79 Å². The number of thioether (sulfide) groups is 1. The predicted molar refractivity (Wildman–Crippen MR) is 64.3 cm³/mol. The topological polar surface area (TPSA) is 76.2 Å². The number of rotatable bonds is 5. The lowest BCUT2D eigenvalue weighted by atomic mass is 10.3. The first-order valence-corrected chi connectivity index (χ1v) is 6.66. The molecule has 0 bridgehead atoms. The van der Waals surface area contributed by atoms with Crippen molar-refractivity contribution in [2.45, 2.75) is 23.4 Å². The zero-order valence-corrected chi connectivity index (χ0v) is 10.7. The van der Waals surface area contributed by atoms with Crippen molar-refractivity contribution in [2.75, 3.05) is 0 Å². The van der Waals surface area contributed by atoms with Crippen LogP contribution >= 0.6 is 23.1 Å². The maximum Gasteiger partial charge on any atom is 0.308 e. The molecule has 2 rings (SSSR count). The van der Waals surface area contributed by atoms with E-state index in [1.54, 1.807) is 12.3 Å². The second-order valence-corrected chi connectivity index (χ2v) is 5.63. The summed E-state index contributed by atoms with van der Waals surface area (Å²) in [5.74, 6) is 0.602. The summed E-state index contributed by atoms with van der Waals surface area (Å²) < 4.78 is 5.83. The Morgan fingerprint density at radius 3 is 3.12 bits per heavy atom. The van der Waals surface area contributed by atoms with Gasteiger partial charge < -0.3 is 9.63 Å². The van der Waals surface area contributed by atoms with Crippen molar-refractivity contribution in [1.82, 2.24) is 10.1 Å². The molecule has 0 aliphatic carbocycles. The van der Waals surface area contributed by atoms with Gasteiger partial charge in [-0.15, -0.1) is 11.3 Å². The Bertz CT molecular complexity index is 508. The summed E-state index contributed by atoms with van der Waals surface area (Å²) in [5, 5.41) is 12.3. The minimum absolute atomic E-state index is 0.0341. The van der Waals surface area contributed by atoms with Crippen LogP contribution < -0.4 is 0 Å². The molecule has 5 nitrogen and oxygen atoms in total. The molecule has 2 aromatic heterocycles. The monoisotopic (exact) mass is 270 g/mol. The maximum atomic E-state index is 10.6. The molecule has 0 fully saturated rings. The maximum absolute atomic E-state index is 10.6. The molecule has 17 heavy (non-hydrogen) atoms. The smallest absolute Gasteiger partial charge is 0.308 e. The van der Waals surface area contributed by atoms with Crippen molar-refractivity contribution in [3.8, 4) is 0 Å². The Balaban J connectivity index is 1.99. The third-order valence-electron chi connectivity index (χ3n) is 2.01. The van der Waals surface area contributed by atoms with E-state index < -0.39 is 5.97 Å². The first kappa shape index (κ1) is 12.1. The minimum Gasteiger partial charge on any atom is -0.481 e. The summed E-state index contributed by atoms with van der Waals surface area (Å²) in [7, 11) is 0. The summed E-state index contributed by atoms with van der Waals surface area (Å²) in [5.41, 5.74) is 0.789. The van der Waals surface area contributed by atoms with Crippen molar-refractivity contribution in [1.29, 1.82) is 0 Å². The minimum atomic E-state index is -0.830. The SMILES string of the molecule is Cc1nc(SCc2ccno2)sc1CC(=O)O. The lowest BCUT2D eigenvalue weighted by molar-refractivity contribution is -0.136. The van der Waals surface area contributed by atoms with Crippen molar-refractivity contribution >= 4 is 29.1 Å². The van der Waals surface area contributed by atoms with E-state index >= 15 is 0 Å². The molecule has 0 spiro atoms. The van der Waals surface area contributed by atoms with Crippen LogP contribution in [0.15, 0.2) is 21.1 Å². The Morgan fingerprint density at radius 2 is 2.47 bits per heavy atom. The van der Waals surface area contributed by atoms with E-state index in [1.165, 1.54) is 23.1 Å². The number of carbonyl (C=O) groups is 1. The van der Waals surface area contributed by atoms with Gasteiger partial charge in [0.2, 0.25) is 0 Å². The van der Waals surface area contributed by atoms with E-state index in [0.717, 1.165) is 20.7 Å². The molecule has 0 aromatic carbocycles. The highest BCUT2D eigenvalue weighted by Crippen LogP contribution is 2.29. The molecule has 0 atom stereocenters. The Hall–Kier alpha value is -1.34. The van der Waals surface area contributed by atoms with Crippen LogP contribution in [0.4, 0.5) is 0 Å². The molecule has 0 saturated heterocycles. The van der Waals surface area contributed by atoms with Gasteiger partial charge in [-0.2, -0.15) is 0 Å². The predicted octanol–water partition coefficient (Wildman–Crippen LogP) is 2.36. The van der Waals surface area contributed by atoms with Gasteiger partial charge in [0.15, 0.2) is 4.34 Å². The number of aliphatic carboxylic acids is 1. The van der Waals surface area contributed by atoms with Crippen LogP contribution in [0.1, 0.15) is 16.3 Å². The standard InChI is InChI=1S/C10H10N2O3S2/c1-6-8(4-9(13)14)17-10(12-6)16-5-7-2-3-11-15-7/h2-3H,4-5H2,1H3,(H,13,14). The van der Waals surface area contributed by atoms with E-state index in [1.807, 2.05) is 6.92 Å². The zero-order valence-electron chi connectivity index (χ0n) is 9.04. The van der Waals surface area contributed by atoms with Gasteiger partial charge in [0.05, 0.1) is 24.1 Å². The molecular formula is C10H10N2O3S2. The quantitative estimate of drug-likeness (QED) is 0.840. The van der Waals surface area contributed by atoms with Crippen LogP contribution in [0.5, 0.6) is 0 Å². The highest BCUT2D eigenvalue weighted by molar-refractivity contribution is 8.00. The first-order chi connectivity index (χ1) is 8.15. The Morgan fingerprint density at radius 1 is 1.65 bits per heavy atom. The first-order valence-electron chi connectivity index (χ1n) is 4.85. The van der Waals surface area contributed by atoms with Crippen molar-refractivity contribution in [3.05, 3.63) is 28.6 Å². The van der Waals surface area contributed by atoms with Gasteiger partial charge >= 0.3 is 5.97 Å². The Kier molecular flexibility index (Phi) is 3.80. The summed E-state index contributed by atoms with van der Waals surface area (Å²) in [4.78, 5) is 15.7. The summed E-state index contributed by atoms with van der Waals surface area (Å²) in [6, 6.07) is 1.80. The van der Waals surface area contributed by atoms with Crippen LogP contribution in [-0.2, 0) is 17.0 Å². The van der Waals surface area contributed by atoms with Crippen LogP contribution in [0.3, 0.4) is 0 Å². The summed E-state index contributed by atoms with van der Waals surface area (Å²) >= 11 is 2.94. The Labute approximate surface area is 106 Å². The molecule has 0 aliphatic heterocycles. The molecule has 90 valence electrons. The number of nitrogens with zero attached hydrogens (tertiary/aromatic N) is 2. The van der Waals surface area contributed by atoms with E-state index in [2.05, 4.69) is 10.1 Å². The lowest BCUT2D eigenvalue weighted by Gasteiger charge is -1.91. The number of hydrogen-bond acceptors (Lipinski definition) is 6. The van der Waals surface area contributed by atoms with Crippen LogP contribution in [0.2, 0.25) is 0 Å². The van der Waals surface area contributed by atoms with Crippen molar-refractivity contribution in [3.63, 3.8) is 0 Å². The second kappa shape index (κ2) is 5.33. The number of carboxylic acid groups (broad SMARTS) is 1. The molecule has 0 unspecified atom stereocenters. The van der Waals surface area contributed by atoms with Crippen molar-refractivity contribution < 1.29 is 14.4 Å². The fourth-order valence-corrected chi connectivity index (χ4v) is 3.33. The van der Waals surface area contributed by atoms with Crippen LogP contribution in [0.25, 0.3) is 0 Å². The molecule has 0 saturated carbocycles. The fourth-order valence-electron chi connectivity index (χ4n) is 1.21. The molecule has 2 aromatic rings. The fraction of sp³-hybridized carbons (Fsp3) is 0.300. The third-order valence-corrected chi connectivity index (χ3v) is 4.34. The van der Waals surface area contributed by atoms with Gasteiger partial charge in [0.25, 0.3) is 0 Å². The number of hydrogen-bond donors (Lipinski definition) is 1. The molecule has 0 radical (unpaired) electrons. The van der Waals surface area contributed by atoms with Gasteiger partial charge in [0, 0.05) is 10.9 Å². The lowest BCUT2D eigenvalue weighted by Crippen LogP contribution is -1.99. The van der Waals surface area contributed by atoms with Gasteiger partial charge in [0.1, 0.15) is 5.76 Å². The molecule has 0 aliphatic rings. The average Bonchev–Trinajstić information content (AvgIpc) is 2.86. The summed E-state index contributed by atoms with van der Waals surface area (Å²) in [6.07, 6.45) is 1.63. The summed E-state index contributed by atoms with van der Waals surface area (Å²) in [6.45, 7) is 1.83. The van der Waals surface area contributed by atoms with E-state index in [0.29, 0.717) is 5.75 Å². The highest BCUT2D eigenvalue weighted by Gasteiger charge is 2.11. The third kappa shape index (κ3) is 3.31. The van der Waals surface area contributed by atoms with E-state index in [-0.39, 0.29) is 6.42 Å². The van der Waals surface area contributed by atoms with E-state index in [4.69, 9.17) is 9.63 Å². The molecule has 2 heterocycles. The van der Waals surface area contributed by atoms with Crippen molar-refractivity contribution in [2.24, 2.45) is 0 Å². The number of thiazole rings is 1. The van der Waals surface area contributed by atoms with Gasteiger partial charge in [-0.05, 0) is 6.92 Å². The molecular weight excluding hydrogens is 260 g/mol. The zero-order chi connectivity index (χ0) is 12.3. The van der Waals surface area contributed by atoms with Gasteiger partial charge in [-0.3, -0.25) is 4.79 Å². The largest absolute Gasteiger partial charge is 0.481 e. The number of aromatic nitrogens is 2. The second-order valence-electron chi connectivity index (χ2n) is 3.33. The normalized spacial score (nSPS) is 10.6. The average molecular weight is 270 g/mol. The van der Waals surface area contributed by atoms with Gasteiger partial charge in [-0.1, -0.05) is 16.9 Å². The van der Waals surface area contributed by atoms with Gasteiger partial charge in [-0.25, -0.2) is 4.98 Å². The molecule has 0 amide bonds. The number of carboxylic acids is 1. The number of aryl methyl sites for hydroxylation is 1. The molecule has 1 N–H and O–H groups in total. The highest BCUT2D eigenvalue weighted by atomic mass is 32.2. The molecule has 7 heteroatoms. The van der Waals surface area contributed by atoms with Crippen LogP contribution in [0, 0.1) is 6.92 Å².